The Hall–Kier alpha value is -1.39. The number of hydrogen-bond acceptors (Lipinski definition) is 4. The van der Waals surface area contributed by atoms with Crippen molar-refractivity contribution in [3.63, 3.8) is 0 Å². The average Bonchev–Trinajstić information content (AvgIpc) is 3.30. The number of aliphatic carboxylic acids is 1. The van der Waals surface area contributed by atoms with Gasteiger partial charge in [-0.1, -0.05) is 12.8 Å². The van der Waals surface area contributed by atoms with Gasteiger partial charge in [0.1, 0.15) is 5.78 Å². The number of carbonyl (C=O) groups excluding carboxylic acids is 2. The Labute approximate surface area is 145 Å². The van der Waals surface area contributed by atoms with Crippen LogP contribution in [0.1, 0.15) is 85.0 Å². The normalized spacial score (nSPS) is 15.8. The van der Waals surface area contributed by atoms with E-state index in [0.29, 0.717) is 25.9 Å². The summed E-state index contributed by atoms with van der Waals surface area (Å²) in [6.07, 6.45) is 7.29. The second-order valence-corrected chi connectivity index (χ2v) is 7.64. The third-order valence-electron chi connectivity index (χ3n) is 5.00. The lowest BCUT2D eigenvalue weighted by Gasteiger charge is -2.21. The molecule has 0 spiro atoms. The highest BCUT2D eigenvalue weighted by Crippen LogP contribution is 2.50. The van der Waals surface area contributed by atoms with E-state index in [1.165, 1.54) is 0 Å². The fourth-order valence-electron chi connectivity index (χ4n) is 2.95. The maximum atomic E-state index is 11.9. The molecule has 1 N–H and O–H groups in total. The summed E-state index contributed by atoms with van der Waals surface area (Å²) in [7, 11) is 0. The van der Waals surface area contributed by atoms with Gasteiger partial charge in [0.2, 0.25) is 0 Å². The minimum absolute atomic E-state index is 0.177. The highest BCUT2D eigenvalue weighted by molar-refractivity contribution is 5.79. The number of ketones is 1. The van der Waals surface area contributed by atoms with E-state index in [9.17, 15) is 14.4 Å². The molecule has 0 heterocycles. The predicted molar refractivity (Wildman–Crippen MR) is 91.7 cm³/mol. The molecule has 0 aromatic carbocycles. The molecular formula is C19H32O5. The van der Waals surface area contributed by atoms with Gasteiger partial charge in [0.15, 0.2) is 0 Å². The van der Waals surface area contributed by atoms with Gasteiger partial charge in [-0.3, -0.25) is 14.4 Å². The molecule has 0 saturated heterocycles. The van der Waals surface area contributed by atoms with E-state index in [0.717, 1.165) is 44.9 Å². The Morgan fingerprint density at radius 2 is 1.62 bits per heavy atom. The Balaban J connectivity index is 2.08. The van der Waals surface area contributed by atoms with Crippen LogP contribution in [-0.4, -0.2) is 29.4 Å². The number of hydrogen-bond donors (Lipinski definition) is 1. The first-order valence-electron chi connectivity index (χ1n) is 9.16. The molecule has 5 nitrogen and oxygen atoms in total. The third-order valence-corrected chi connectivity index (χ3v) is 5.00. The van der Waals surface area contributed by atoms with Gasteiger partial charge in [-0.2, -0.15) is 0 Å². The van der Waals surface area contributed by atoms with E-state index in [-0.39, 0.29) is 11.8 Å². The van der Waals surface area contributed by atoms with Crippen molar-refractivity contribution >= 4 is 17.7 Å². The summed E-state index contributed by atoms with van der Waals surface area (Å²) in [6, 6.07) is 0. The van der Waals surface area contributed by atoms with Crippen molar-refractivity contribution < 1.29 is 24.2 Å². The lowest BCUT2D eigenvalue weighted by molar-refractivity contribution is -0.153. The first-order valence-corrected chi connectivity index (χ1v) is 9.16. The van der Waals surface area contributed by atoms with E-state index in [1.807, 2.05) is 13.8 Å². The van der Waals surface area contributed by atoms with E-state index in [2.05, 4.69) is 0 Å². The molecule has 5 heteroatoms. The van der Waals surface area contributed by atoms with Crippen molar-refractivity contribution in [1.29, 1.82) is 0 Å². The Kier molecular flexibility index (Phi) is 7.91. The molecule has 138 valence electrons. The molecule has 0 aliphatic heterocycles. The Morgan fingerprint density at radius 3 is 2.12 bits per heavy atom. The van der Waals surface area contributed by atoms with Gasteiger partial charge < -0.3 is 9.84 Å². The fourth-order valence-corrected chi connectivity index (χ4v) is 2.95. The molecular weight excluding hydrogens is 308 g/mol. The van der Waals surface area contributed by atoms with Crippen LogP contribution >= 0.6 is 0 Å². The monoisotopic (exact) mass is 340 g/mol. The SMILES string of the molecule is CCOC(=O)C(C)(C)CCCCC(=O)CCCCC1(C(=O)O)CC1. The Morgan fingerprint density at radius 1 is 1.04 bits per heavy atom. The van der Waals surface area contributed by atoms with Gasteiger partial charge in [0, 0.05) is 12.8 Å². The molecule has 0 radical (unpaired) electrons. The maximum Gasteiger partial charge on any atom is 0.311 e. The number of unbranched alkanes of at least 4 members (excludes halogenated alkanes) is 2. The second-order valence-electron chi connectivity index (χ2n) is 7.64. The molecule has 1 rings (SSSR count). The van der Waals surface area contributed by atoms with Gasteiger partial charge in [0.25, 0.3) is 0 Å². The van der Waals surface area contributed by atoms with Crippen LogP contribution < -0.4 is 0 Å². The van der Waals surface area contributed by atoms with E-state index < -0.39 is 16.8 Å². The molecule has 0 bridgehead atoms. The molecule has 0 aromatic heterocycles. The van der Waals surface area contributed by atoms with Crippen LogP contribution in [0.4, 0.5) is 0 Å². The smallest absolute Gasteiger partial charge is 0.311 e. The molecule has 1 aliphatic carbocycles. The first kappa shape index (κ1) is 20.7. The highest BCUT2D eigenvalue weighted by atomic mass is 16.5. The van der Waals surface area contributed by atoms with Crippen molar-refractivity contribution in [2.45, 2.75) is 85.0 Å². The molecule has 24 heavy (non-hydrogen) atoms. The lowest BCUT2D eigenvalue weighted by atomic mass is 9.87. The topological polar surface area (TPSA) is 80.7 Å². The maximum absolute atomic E-state index is 11.9. The van der Waals surface area contributed by atoms with Crippen LogP contribution in [0.25, 0.3) is 0 Å². The number of rotatable bonds is 13. The van der Waals surface area contributed by atoms with Gasteiger partial charge in [-0.15, -0.1) is 0 Å². The molecule has 0 amide bonds. The standard InChI is InChI=1S/C19H32O5/c1-4-24-17(23)18(2,3)11-7-5-9-15(20)10-6-8-12-19(13-14-19)16(21)22/h4-14H2,1-3H3,(H,21,22). The van der Waals surface area contributed by atoms with Crippen molar-refractivity contribution in [3.8, 4) is 0 Å². The predicted octanol–water partition coefficient (Wildman–Crippen LogP) is 4.13. The summed E-state index contributed by atoms with van der Waals surface area (Å²) >= 11 is 0. The van der Waals surface area contributed by atoms with E-state index >= 15 is 0 Å². The van der Waals surface area contributed by atoms with Crippen molar-refractivity contribution in [2.24, 2.45) is 10.8 Å². The summed E-state index contributed by atoms with van der Waals surface area (Å²) in [5, 5.41) is 9.09. The number of Topliss-reactive ketones (excluding diaryl/α,β-unsaturated/α-hetero) is 1. The minimum atomic E-state index is -0.682. The van der Waals surface area contributed by atoms with Crippen LogP contribution in [0.3, 0.4) is 0 Å². The van der Waals surface area contributed by atoms with Gasteiger partial charge in [-0.05, 0) is 59.3 Å². The lowest BCUT2D eigenvalue weighted by Crippen LogP contribution is -2.26. The van der Waals surface area contributed by atoms with Gasteiger partial charge >= 0.3 is 11.9 Å². The Bertz CT molecular complexity index is 449. The zero-order valence-corrected chi connectivity index (χ0v) is 15.4. The summed E-state index contributed by atoms with van der Waals surface area (Å²) < 4.78 is 5.05. The summed E-state index contributed by atoms with van der Waals surface area (Å²) in [6.45, 7) is 5.95. The zero-order chi connectivity index (χ0) is 18.2. The van der Waals surface area contributed by atoms with Crippen LogP contribution in [0.2, 0.25) is 0 Å². The molecule has 0 atom stereocenters. The number of carbonyl (C=O) groups is 3. The van der Waals surface area contributed by atoms with Crippen LogP contribution in [-0.2, 0) is 19.1 Å². The molecule has 0 aromatic rings. The summed E-state index contributed by atoms with van der Waals surface area (Å²) in [4.78, 5) is 34.7. The van der Waals surface area contributed by atoms with Gasteiger partial charge in [0.05, 0.1) is 17.4 Å². The minimum Gasteiger partial charge on any atom is -0.481 e. The number of esters is 1. The molecule has 1 saturated carbocycles. The largest absolute Gasteiger partial charge is 0.481 e. The molecule has 1 aliphatic rings. The highest BCUT2D eigenvalue weighted by Gasteiger charge is 2.49. The van der Waals surface area contributed by atoms with Crippen molar-refractivity contribution in [3.05, 3.63) is 0 Å². The van der Waals surface area contributed by atoms with E-state index in [4.69, 9.17) is 9.84 Å². The van der Waals surface area contributed by atoms with Crippen LogP contribution in [0.15, 0.2) is 0 Å². The molecule has 0 unspecified atom stereocenters. The number of carboxylic acids is 1. The average molecular weight is 340 g/mol. The summed E-state index contributed by atoms with van der Waals surface area (Å²) in [5.74, 6) is -0.620. The van der Waals surface area contributed by atoms with Crippen LogP contribution in [0.5, 0.6) is 0 Å². The molecule has 1 fully saturated rings. The summed E-state index contributed by atoms with van der Waals surface area (Å²) in [5.41, 5.74) is -0.962. The van der Waals surface area contributed by atoms with Crippen LogP contribution in [0, 0.1) is 10.8 Å². The van der Waals surface area contributed by atoms with Crippen molar-refractivity contribution in [1.82, 2.24) is 0 Å². The van der Waals surface area contributed by atoms with Gasteiger partial charge in [-0.25, -0.2) is 0 Å². The third kappa shape index (κ3) is 6.62. The zero-order valence-electron chi connectivity index (χ0n) is 15.4. The first-order chi connectivity index (χ1) is 11.2. The quantitative estimate of drug-likeness (QED) is 0.403. The second kappa shape index (κ2) is 9.19. The number of ether oxygens (including phenoxy) is 1. The van der Waals surface area contributed by atoms with Crippen molar-refractivity contribution in [2.75, 3.05) is 6.61 Å². The number of carboxylic acid groups (broad SMARTS) is 1. The fraction of sp³-hybridized carbons (Fsp3) is 0.842. The van der Waals surface area contributed by atoms with E-state index in [1.54, 1.807) is 6.92 Å².